The fourth-order valence-corrected chi connectivity index (χ4v) is 4.73. The van der Waals surface area contributed by atoms with Gasteiger partial charge in [-0.05, 0) is 67.6 Å². The summed E-state index contributed by atoms with van der Waals surface area (Å²) in [5, 5.41) is 15.1. The second-order valence-electron chi connectivity index (χ2n) is 11.2. The van der Waals surface area contributed by atoms with Gasteiger partial charge in [-0.2, -0.15) is 0 Å². The second kappa shape index (κ2) is 14.7. The van der Waals surface area contributed by atoms with Crippen molar-refractivity contribution >= 4 is 23.6 Å². The second-order valence-corrected chi connectivity index (χ2v) is 11.2. The number of Topliss-reactive ketones (excluding diaryl/α,β-unsaturated/α-hetero) is 2. The van der Waals surface area contributed by atoms with Gasteiger partial charge in [0.05, 0.1) is 25.8 Å². The monoisotopic (exact) mass is 602 g/mol. The number of ether oxygens (including phenoxy) is 3. The minimum atomic E-state index is -0.991. The Morgan fingerprint density at radius 2 is 1.50 bits per heavy atom. The van der Waals surface area contributed by atoms with Crippen LogP contribution in [0.4, 0.5) is 4.79 Å². The van der Waals surface area contributed by atoms with E-state index in [9.17, 15) is 24.3 Å². The smallest absolute Gasteiger partial charge is 0.408 e. The number of hydrogen-bond acceptors (Lipinski definition) is 8. The number of benzene rings is 3. The van der Waals surface area contributed by atoms with Crippen molar-refractivity contribution < 1.29 is 38.5 Å². The number of rotatable bonds is 15. The van der Waals surface area contributed by atoms with Gasteiger partial charge in [-0.3, -0.25) is 14.4 Å². The highest BCUT2D eigenvalue weighted by Gasteiger charge is 2.50. The first-order valence-electron chi connectivity index (χ1n) is 14.5. The standard InChI is InChI=1S/C34H38N2O8/c1-22(35-33(41)43-20-25-7-5-4-6-8-25)30(38)19-26(17-23-11-15-28(42-3)16-12-23)32(40)36-29(31(39)34(2)21-44-34)18-24-9-13-27(37)14-10-24/h4-16,22,26,29,37H,17-21H2,1-3H3,(H,35,41)(H,36,40)/t22-,26?,29?,34-/m1/s1. The maximum absolute atomic E-state index is 13.8. The highest BCUT2D eigenvalue weighted by molar-refractivity contribution is 5.98. The molecule has 10 heteroatoms. The zero-order chi connectivity index (χ0) is 31.7. The van der Waals surface area contributed by atoms with E-state index < -0.39 is 35.6 Å². The number of aromatic hydroxyl groups is 1. The number of phenols is 1. The van der Waals surface area contributed by atoms with Crippen LogP contribution in [0.1, 0.15) is 37.0 Å². The van der Waals surface area contributed by atoms with Crippen molar-refractivity contribution in [2.75, 3.05) is 13.7 Å². The minimum absolute atomic E-state index is 0.0508. The van der Waals surface area contributed by atoms with E-state index in [1.807, 2.05) is 42.5 Å². The summed E-state index contributed by atoms with van der Waals surface area (Å²) in [5.41, 5.74) is 1.34. The van der Waals surface area contributed by atoms with E-state index in [1.165, 1.54) is 19.1 Å². The first-order chi connectivity index (χ1) is 21.1. The number of amides is 2. The number of epoxide rings is 1. The Balaban J connectivity index is 1.46. The van der Waals surface area contributed by atoms with E-state index in [0.717, 1.165) is 16.7 Å². The molecule has 0 saturated carbocycles. The summed E-state index contributed by atoms with van der Waals surface area (Å²) in [6.45, 7) is 3.52. The number of carbonyl (C=O) groups is 4. The molecule has 3 N–H and O–H groups in total. The van der Waals surface area contributed by atoms with Crippen molar-refractivity contribution in [2.24, 2.45) is 5.92 Å². The van der Waals surface area contributed by atoms with Crippen LogP contribution in [0.2, 0.25) is 0 Å². The molecule has 3 aromatic rings. The number of hydrogen-bond donors (Lipinski definition) is 3. The van der Waals surface area contributed by atoms with Gasteiger partial charge in [-0.15, -0.1) is 0 Å². The van der Waals surface area contributed by atoms with E-state index in [4.69, 9.17) is 14.2 Å². The summed E-state index contributed by atoms with van der Waals surface area (Å²) in [6, 6.07) is 20.9. The molecule has 2 amide bonds. The van der Waals surface area contributed by atoms with Crippen LogP contribution in [0.25, 0.3) is 0 Å². The van der Waals surface area contributed by atoms with Crippen molar-refractivity contribution in [3.05, 3.63) is 95.6 Å². The Kier molecular flexibility index (Phi) is 10.7. The minimum Gasteiger partial charge on any atom is -0.508 e. The first-order valence-corrected chi connectivity index (χ1v) is 14.5. The summed E-state index contributed by atoms with van der Waals surface area (Å²) >= 11 is 0. The number of alkyl carbamates (subject to hydrolysis) is 1. The lowest BCUT2D eigenvalue weighted by molar-refractivity contribution is -0.134. The quantitative estimate of drug-likeness (QED) is 0.222. The average Bonchev–Trinajstić information content (AvgIpc) is 3.79. The van der Waals surface area contributed by atoms with E-state index in [2.05, 4.69) is 10.6 Å². The zero-order valence-electron chi connectivity index (χ0n) is 25.1. The van der Waals surface area contributed by atoms with Crippen LogP contribution < -0.4 is 15.4 Å². The third kappa shape index (κ3) is 9.15. The molecule has 1 saturated heterocycles. The molecule has 232 valence electrons. The Morgan fingerprint density at radius 3 is 2.11 bits per heavy atom. The van der Waals surface area contributed by atoms with Crippen LogP contribution in [-0.4, -0.2) is 60.1 Å². The molecule has 1 aliphatic rings. The number of ketones is 2. The molecule has 44 heavy (non-hydrogen) atoms. The molecule has 0 bridgehead atoms. The van der Waals surface area contributed by atoms with E-state index in [0.29, 0.717) is 5.75 Å². The van der Waals surface area contributed by atoms with Gasteiger partial charge >= 0.3 is 6.09 Å². The number of carbonyl (C=O) groups excluding carboxylic acids is 4. The predicted molar refractivity (Wildman–Crippen MR) is 162 cm³/mol. The molecule has 0 aliphatic carbocycles. The summed E-state index contributed by atoms with van der Waals surface area (Å²) in [6.07, 6.45) is -0.548. The summed E-state index contributed by atoms with van der Waals surface area (Å²) in [4.78, 5) is 52.8. The van der Waals surface area contributed by atoms with Crippen molar-refractivity contribution in [2.45, 2.75) is 57.4 Å². The zero-order valence-corrected chi connectivity index (χ0v) is 25.1. The summed E-state index contributed by atoms with van der Waals surface area (Å²) < 4.78 is 15.9. The molecular weight excluding hydrogens is 564 g/mol. The topological polar surface area (TPSA) is 144 Å². The molecule has 3 aromatic carbocycles. The Hall–Kier alpha value is -4.70. The lowest BCUT2D eigenvalue weighted by Gasteiger charge is -2.24. The van der Waals surface area contributed by atoms with Gasteiger partial charge in [-0.1, -0.05) is 54.6 Å². The molecule has 1 aliphatic heterocycles. The van der Waals surface area contributed by atoms with E-state index in [-0.39, 0.29) is 49.8 Å². The van der Waals surface area contributed by atoms with Crippen molar-refractivity contribution in [3.8, 4) is 11.5 Å². The van der Waals surface area contributed by atoms with Crippen LogP contribution >= 0.6 is 0 Å². The lowest BCUT2D eigenvalue weighted by atomic mass is 9.89. The molecule has 4 rings (SSSR count). The molecule has 10 nitrogen and oxygen atoms in total. The van der Waals surface area contributed by atoms with Gasteiger partial charge in [0, 0.05) is 12.3 Å². The summed E-state index contributed by atoms with van der Waals surface area (Å²) in [7, 11) is 1.55. The van der Waals surface area contributed by atoms with Crippen molar-refractivity contribution in [3.63, 3.8) is 0 Å². The highest BCUT2D eigenvalue weighted by Crippen LogP contribution is 2.29. The van der Waals surface area contributed by atoms with Gasteiger partial charge in [0.1, 0.15) is 23.7 Å². The fourth-order valence-electron chi connectivity index (χ4n) is 4.73. The van der Waals surface area contributed by atoms with Crippen LogP contribution in [0.3, 0.4) is 0 Å². The maximum atomic E-state index is 13.8. The Bertz CT molecular complexity index is 1440. The van der Waals surface area contributed by atoms with Crippen LogP contribution in [0.15, 0.2) is 78.9 Å². The van der Waals surface area contributed by atoms with Gasteiger partial charge < -0.3 is 30.0 Å². The predicted octanol–water partition coefficient (Wildman–Crippen LogP) is 3.92. The van der Waals surface area contributed by atoms with Crippen LogP contribution in [0.5, 0.6) is 11.5 Å². The molecule has 2 unspecified atom stereocenters. The largest absolute Gasteiger partial charge is 0.508 e. The van der Waals surface area contributed by atoms with Crippen LogP contribution in [-0.2, 0) is 43.3 Å². The number of phenolic OH excluding ortho intramolecular Hbond substituents is 1. The molecule has 0 radical (unpaired) electrons. The highest BCUT2D eigenvalue weighted by atomic mass is 16.6. The van der Waals surface area contributed by atoms with Gasteiger partial charge in [0.2, 0.25) is 5.91 Å². The Labute approximate surface area is 256 Å². The molecular formula is C34H38N2O8. The fraction of sp³-hybridized carbons (Fsp3) is 0.353. The lowest BCUT2D eigenvalue weighted by Crippen LogP contribution is -2.50. The van der Waals surface area contributed by atoms with Gasteiger partial charge in [0.25, 0.3) is 0 Å². The van der Waals surface area contributed by atoms with Gasteiger partial charge in [-0.25, -0.2) is 4.79 Å². The van der Waals surface area contributed by atoms with Crippen molar-refractivity contribution in [1.29, 1.82) is 0 Å². The van der Waals surface area contributed by atoms with E-state index >= 15 is 0 Å². The molecule has 0 spiro atoms. The summed E-state index contributed by atoms with van der Waals surface area (Å²) in [5.74, 6) is -1.23. The number of methoxy groups -OCH3 is 1. The number of nitrogens with one attached hydrogen (secondary N) is 2. The van der Waals surface area contributed by atoms with Gasteiger partial charge in [0.15, 0.2) is 11.6 Å². The molecule has 0 aromatic heterocycles. The molecule has 1 fully saturated rings. The van der Waals surface area contributed by atoms with Crippen molar-refractivity contribution in [1.82, 2.24) is 10.6 Å². The van der Waals surface area contributed by atoms with Crippen LogP contribution in [0, 0.1) is 5.92 Å². The van der Waals surface area contributed by atoms with E-state index in [1.54, 1.807) is 38.3 Å². The third-order valence-electron chi connectivity index (χ3n) is 7.60. The normalized spacial score (nSPS) is 17.4. The average molecular weight is 603 g/mol. The molecule has 4 atom stereocenters. The maximum Gasteiger partial charge on any atom is 0.408 e. The first kappa shape index (κ1) is 32.2. The molecule has 1 heterocycles. The SMILES string of the molecule is COc1ccc(CC(CC(=O)[C@@H](C)NC(=O)OCc2ccccc2)C(=O)NC(Cc2ccc(O)cc2)C(=O)[C@@]2(C)CO2)cc1. The third-order valence-corrected chi connectivity index (χ3v) is 7.60. The Morgan fingerprint density at radius 1 is 0.886 bits per heavy atom.